The minimum Gasteiger partial charge on any atom is -0.493 e. The van der Waals surface area contributed by atoms with Crippen LogP contribution in [0, 0.1) is 6.92 Å². The summed E-state index contributed by atoms with van der Waals surface area (Å²) < 4.78 is 22.5. The van der Waals surface area contributed by atoms with Gasteiger partial charge in [0.15, 0.2) is 16.9 Å². The third-order valence-electron chi connectivity index (χ3n) is 6.15. The molecule has 1 aliphatic rings. The molecule has 7 nitrogen and oxygen atoms in total. The van der Waals surface area contributed by atoms with E-state index in [1.165, 1.54) is 21.3 Å². The first-order valence-corrected chi connectivity index (χ1v) is 11.2. The predicted octanol–water partition coefficient (Wildman–Crippen LogP) is 5.53. The molecule has 178 valence electrons. The summed E-state index contributed by atoms with van der Waals surface area (Å²) in [6, 6.07) is 14.9. The third-order valence-corrected chi connectivity index (χ3v) is 6.38. The van der Waals surface area contributed by atoms with Crippen LogP contribution in [0.3, 0.4) is 0 Å². The zero-order valence-electron chi connectivity index (χ0n) is 19.5. The van der Waals surface area contributed by atoms with Crippen LogP contribution in [0.2, 0.25) is 5.02 Å². The average molecular weight is 492 g/mol. The van der Waals surface area contributed by atoms with Crippen LogP contribution in [-0.2, 0) is 0 Å². The van der Waals surface area contributed by atoms with Gasteiger partial charge in [-0.1, -0.05) is 29.3 Å². The van der Waals surface area contributed by atoms with Gasteiger partial charge in [-0.05, 0) is 55.0 Å². The lowest BCUT2D eigenvalue weighted by Gasteiger charge is -2.26. The van der Waals surface area contributed by atoms with E-state index in [1.54, 1.807) is 35.2 Å². The van der Waals surface area contributed by atoms with Crippen LogP contribution < -0.4 is 24.5 Å². The fourth-order valence-corrected chi connectivity index (χ4v) is 4.66. The van der Waals surface area contributed by atoms with Crippen molar-refractivity contribution in [3.63, 3.8) is 0 Å². The van der Waals surface area contributed by atoms with Crippen molar-refractivity contribution in [2.75, 3.05) is 26.2 Å². The van der Waals surface area contributed by atoms with Crippen LogP contribution >= 0.6 is 11.6 Å². The molecule has 0 bridgehead atoms. The van der Waals surface area contributed by atoms with Gasteiger partial charge in [0.05, 0.1) is 38.3 Å². The van der Waals surface area contributed by atoms with E-state index in [4.69, 9.17) is 30.2 Å². The van der Waals surface area contributed by atoms with Gasteiger partial charge in [0.2, 0.25) is 11.5 Å². The number of methoxy groups -OCH3 is 3. The summed E-state index contributed by atoms with van der Waals surface area (Å²) in [7, 11) is 4.53. The Morgan fingerprint density at radius 1 is 0.886 bits per heavy atom. The number of fused-ring (bicyclic) bond motifs is 2. The van der Waals surface area contributed by atoms with Crippen molar-refractivity contribution in [1.29, 1.82) is 0 Å². The number of anilines is 1. The largest absolute Gasteiger partial charge is 0.493 e. The number of halogens is 1. The van der Waals surface area contributed by atoms with Crippen LogP contribution in [0.1, 0.15) is 33.3 Å². The first-order chi connectivity index (χ1) is 16.9. The summed E-state index contributed by atoms with van der Waals surface area (Å²) in [6.45, 7) is 1.96. The Hall–Kier alpha value is -3.97. The summed E-state index contributed by atoms with van der Waals surface area (Å²) in [4.78, 5) is 29.1. The van der Waals surface area contributed by atoms with Gasteiger partial charge in [0.25, 0.3) is 5.91 Å². The van der Waals surface area contributed by atoms with Crippen molar-refractivity contribution in [1.82, 2.24) is 0 Å². The maximum Gasteiger partial charge on any atom is 0.295 e. The first-order valence-electron chi connectivity index (χ1n) is 10.8. The molecule has 1 aromatic heterocycles. The van der Waals surface area contributed by atoms with E-state index >= 15 is 0 Å². The highest BCUT2D eigenvalue weighted by molar-refractivity contribution is 6.31. The summed E-state index contributed by atoms with van der Waals surface area (Å²) in [5, 5.41) is 0.695. The lowest BCUT2D eigenvalue weighted by Crippen LogP contribution is -2.29. The van der Waals surface area contributed by atoms with E-state index < -0.39 is 11.9 Å². The molecule has 0 saturated heterocycles. The van der Waals surface area contributed by atoms with Gasteiger partial charge in [-0.3, -0.25) is 14.5 Å². The topological polar surface area (TPSA) is 78.2 Å². The number of nitrogens with zero attached hydrogens (tertiary/aromatic N) is 1. The van der Waals surface area contributed by atoms with Crippen LogP contribution in [0.4, 0.5) is 5.69 Å². The monoisotopic (exact) mass is 491 g/mol. The zero-order valence-corrected chi connectivity index (χ0v) is 20.3. The van der Waals surface area contributed by atoms with Gasteiger partial charge >= 0.3 is 0 Å². The Morgan fingerprint density at radius 3 is 2.14 bits per heavy atom. The maximum atomic E-state index is 13.8. The number of amides is 1. The highest BCUT2D eigenvalue weighted by Gasteiger charge is 2.44. The van der Waals surface area contributed by atoms with Crippen molar-refractivity contribution in [2.45, 2.75) is 13.0 Å². The van der Waals surface area contributed by atoms with Crippen molar-refractivity contribution < 1.29 is 23.4 Å². The lowest BCUT2D eigenvalue weighted by atomic mass is 9.97. The fraction of sp³-hybridized carbons (Fsp3) is 0.185. The molecule has 1 unspecified atom stereocenters. The second-order valence-corrected chi connectivity index (χ2v) is 8.62. The van der Waals surface area contributed by atoms with Crippen LogP contribution in [-0.4, -0.2) is 27.2 Å². The van der Waals surface area contributed by atoms with Crippen molar-refractivity contribution in [3.05, 3.63) is 92.3 Å². The standard InChI is InChI=1S/C27H22ClNO6/c1-14-5-8-17(9-6-14)29-23(15-11-20(32-2)25(34-4)21(12-15)33-3)22-24(30)18-13-16(28)7-10-19(18)35-26(22)27(29)31/h5-13,23H,1-4H3. The summed E-state index contributed by atoms with van der Waals surface area (Å²) in [5.74, 6) is 0.780. The van der Waals surface area contributed by atoms with E-state index in [0.717, 1.165) is 5.56 Å². The summed E-state index contributed by atoms with van der Waals surface area (Å²) in [6.07, 6.45) is 0. The fourth-order valence-electron chi connectivity index (χ4n) is 4.49. The normalized spacial score (nSPS) is 14.8. The molecule has 2 heterocycles. The second kappa shape index (κ2) is 8.67. The van der Waals surface area contributed by atoms with Gasteiger partial charge in [0.1, 0.15) is 5.58 Å². The molecule has 8 heteroatoms. The van der Waals surface area contributed by atoms with Gasteiger partial charge in [-0.25, -0.2) is 0 Å². The van der Waals surface area contributed by atoms with Crippen molar-refractivity contribution in [2.24, 2.45) is 0 Å². The number of aryl methyl sites for hydroxylation is 1. The number of carbonyl (C=O) groups is 1. The predicted molar refractivity (Wildman–Crippen MR) is 133 cm³/mol. The molecule has 0 N–H and O–H groups in total. The van der Waals surface area contributed by atoms with Gasteiger partial charge in [0, 0.05) is 10.7 Å². The number of hydrogen-bond donors (Lipinski definition) is 0. The van der Waals surface area contributed by atoms with E-state index in [-0.39, 0.29) is 16.8 Å². The van der Waals surface area contributed by atoms with E-state index in [2.05, 4.69) is 0 Å². The minimum absolute atomic E-state index is 0.0100. The molecule has 35 heavy (non-hydrogen) atoms. The Kier molecular flexibility index (Phi) is 5.65. The molecule has 1 aliphatic heterocycles. The first kappa shape index (κ1) is 22.8. The number of benzene rings is 3. The molecule has 1 atom stereocenters. The smallest absolute Gasteiger partial charge is 0.295 e. The molecule has 1 amide bonds. The molecule has 4 aromatic rings. The molecule has 5 rings (SSSR count). The van der Waals surface area contributed by atoms with Gasteiger partial charge in [-0.15, -0.1) is 0 Å². The van der Waals surface area contributed by atoms with Crippen LogP contribution in [0.25, 0.3) is 11.0 Å². The molecular weight excluding hydrogens is 470 g/mol. The number of carbonyl (C=O) groups excluding carboxylic acids is 1. The molecule has 0 saturated carbocycles. The Morgan fingerprint density at radius 2 is 1.54 bits per heavy atom. The van der Waals surface area contributed by atoms with Crippen LogP contribution in [0.15, 0.2) is 63.8 Å². The zero-order chi connectivity index (χ0) is 24.9. The van der Waals surface area contributed by atoms with Gasteiger partial charge < -0.3 is 18.6 Å². The van der Waals surface area contributed by atoms with Gasteiger partial charge in [-0.2, -0.15) is 0 Å². The summed E-state index contributed by atoms with van der Waals surface area (Å²) in [5.41, 5.74) is 2.44. The molecule has 0 radical (unpaired) electrons. The average Bonchev–Trinajstić information content (AvgIpc) is 3.16. The van der Waals surface area contributed by atoms with E-state index in [0.29, 0.717) is 44.5 Å². The molecule has 0 aliphatic carbocycles. The number of ether oxygens (including phenoxy) is 3. The van der Waals surface area contributed by atoms with E-state index in [9.17, 15) is 9.59 Å². The SMILES string of the molecule is COc1cc(C2c3c(oc4ccc(Cl)cc4c3=O)C(=O)N2c2ccc(C)cc2)cc(OC)c1OC. The number of hydrogen-bond acceptors (Lipinski definition) is 6. The van der Waals surface area contributed by atoms with Crippen molar-refractivity contribution >= 4 is 34.2 Å². The third kappa shape index (κ3) is 3.59. The van der Waals surface area contributed by atoms with Crippen molar-refractivity contribution in [3.8, 4) is 17.2 Å². The van der Waals surface area contributed by atoms with E-state index in [1.807, 2.05) is 31.2 Å². The number of rotatable bonds is 5. The quantitative estimate of drug-likeness (QED) is 0.365. The molecule has 0 fully saturated rings. The second-order valence-electron chi connectivity index (χ2n) is 8.19. The Bertz CT molecular complexity index is 1500. The maximum absolute atomic E-state index is 13.8. The van der Waals surface area contributed by atoms with Crippen LogP contribution in [0.5, 0.6) is 17.2 Å². The summed E-state index contributed by atoms with van der Waals surface area (Å²) >= 11 is 6.17. The Balaban J connectivity index is 1.84. The highest BCUT2D eigenvalue weighted by atomic mass is 35.5. The highest BCUT2D eigenvalue weighted by Crippen LogP contribution is 2.46. The molecular formula is C27H22ClNO6. The lowest BCUT2D eigenvalue weighted by molar-refractivity contribution is 0.0971. The minimum atomic E-state index is -0.798. The molecule has 0 spiro atoms. The molecule has 3 aromatic carbocycles. The Labute approximate surface area is 206 Å².